The summed E-state index contributed by atoms with van der Waals surface area (Å²) in [5.74, 6) is -1.87. The van der Waals surface area contributed by atoms with Crippen LogP contribution in [0.5, 0.6) is 0 Å². The summed E-state index contributed by atoms with van der Waals surface area (Å²) in [5.41, 5.74) is 5.49. The van der Waals surface area contributed by atoms with E-state index < -0.39 is 24.4 Å². The Morgan fingerprint density at radius 2 is 1.68 bits per heavy atom. The summed E-state index contributed by atoms with van der Waals surface area (Å²) in [6.45, 7) is 1.93. The number of amides is 2. The standard InChI is InChI=1S/C25H28N4O5/c1-2-3-9-15-29-24(32)20-13-8-7-12-19(20)23(27-29)25(33)34-17-22(31)28(16-14-21(26)30)18-10-5-4-6-11-18/h4-8,10-13H,2-3,9,14-17H2,1H3,(H2,26,30). The minimum atomic E-state index is -0.809. The smallest absolute Gasteiger partial charge is 0.359 e. The van der Waals surface area contributed by atoms with Gasteiger partial charge < -0.3 is 15.4 Å². The van der Waals surface area contributed by atoms with E-state index in [0.717, 1.165) is 19.3 Å². The Bertz CT molecular complexity index is 1220. The fourth-order valence-electron chi connectivity index (χ4n) is 3.55. The van der Waals surface area contributed by atoms with Crippen LogP contribution in [0.4, 0.5) is 5.69 Å². The topological polar surface area (TPSA) is 125 Å². The zero-order chi connectivity index (χ0) is 24.5. The number of primary amides is 1. The molecule has 0 spiro atoms. The molecule has 0 fully saturated rings. The summed E-state index contributed by atoms with van der Waals surface area (Å²) >= 11 is 0. The maximum atomic E-state index is 12.9. The Labute approximate surface area is 197 Å². The molecular weight excluding hydrogens is 436 g/mol. The van der Waals surface area contributed by atoms with Gasteiger partial charge in [0.2, 0.25) is 5.91 Å². The van der Waals surface area contributed by atoms with Crippen LogP contribution in [0.25, 0.3) is 10.8 Å². The molecule has 3 rings (SSSR count). The van der Waals surface area contributed by atoms with Crippen molar-refractivity contribution in [3.8, 4) is 0 Å². The third-order valence-electron chi connectivity index (χ3n) is 5.31. The lowest BCUT2D eigenvalue weighted by Gasteiger charge is -2.22. The molecule has 0 unspecified atom stereocenters. The van der Waals surface area contributed by atoms with Crippen LogP contribution < -0.4 is 16.2 Å². The Kier molecular flexibility index (Phi) is 8.50. The minimum Gasteiger partial charge on any atom is -0.451 e. The number of ether oxygens (including phenoxy) is 1. The van der Waals surface area contributed by atoms with Gasteiger partial charge in [-0.05, 0) is 24.6 Å². The average molecular weight is 465 g/mol. The molecule has 2 amide bonds. The van der Waals surface area contributed by atoms with Crippen LogP contribution >= 0.6 is 0 Å². The maximum absolute atomic E-state index is 12.9. The highest BCUT2D eigenvalue weighted by atomic mass is 16.5. The summed E-state index contributed by atoms with van der Waals surface area (Å²) in [6.07, 6.45) is 2.62. The van der Waals surface area contributed by atoms with Gasteiger partial charge in [0, 0.05) is 30.6 Å². The molecule has 0 bridgehead atoms. The average Bonchev–Trinajstić information content (AvgIpc) is 2.84. The van der Waals surface area contributed by atoms with E-state index >= 15 is 0 Å². The first-order chi connectivity index (χ1) is 16.4. The van der Waals surface area contributed by atoms with Gasteiger partial charge in [0.15, 0.2) is 12.3 Å². The van der Waals surface area contributed by atoms with Crippen molar-refractivity contribution in [2.24, 2.45) is 5.73 Å². The zero-order valence-corrected chi connectivity index (χ0v) is 19.1. The number of carbonyl (C=O) groups excluding carboxylic acids is 3. The van der Waals surface area contributed by atoms with Crippen LogP contribution in [0.2, 0.25) is 0 Å². The predicted octanol–water partition coefficient (Wildman–Crippen LogP) is 2.65. The van der Waals surface area contributed by atoms with Gasteiger partial charge in [-0.15, -0.1) is 0 Å². The number of aryl methyl sites for hydroxylation is 1. The number of benzene rings is 2. The summed E-state index contributed by atoms with van der Waals surface area (Å²) < 4.78 is 6.58. The van der Waals surface area contributed by atoms with Crippen molar-refractivity contribution >= 4 is 34.2 Å². The number of rotatable bonds is 11. The number of unbranched alkanes of at least 4 members (excludes halogenated alkanes) is 2. The van der Waals surface area contributed by atoms with Crippen molar-refractivity contribution in [2.75, 3.05) is 18.1 Å². The number of carbonyl (C=O) groups is 3. The number of anilines is 1. The van der Waals surface area contributed by atoms with Crippen molar-refractivity contribution in [1.29, 1.82) is 0 Å². The lowest BCUT2D eigenvalue weighted by Crippen LogP contribution is -2.37. The molecular formula is C25H28N4O5. The zero-order valence-electron chi connectivity index (χ0n) is 19.1. The highest BCUT2D eigenvalue weighted by molar-refractivity contribution is 6.03. The second-order valence-corrected chi connectivity index (χ2v) is 7.80. The Hall–Kier alpha value is -4.01. The number of para-hydroxylation sites is 1. The van der Waals surface area contributed by atoms with Gasteiger partial charge in [-0.25, -0.2) is 9.48 Å². The van der Waals surface area contributed by atoms with E-state index in [-0.39, 0.29) is 24.2 Å². The molecule has 2 aromatic carbocycles. The van der Waals surface area contributed by atoms with E-state index in [0.29, 0.717) is 23.0 Å². The minimum absolute atomic E-state index is 0.0251. The molecule has 3 aromatic rings. The lowest BCUT2D eigenvalue weighted by atomic mass is 10.1. The van der Waals surface area contributed by atoms with E-state index in [1.807, 2.05) is 0 Å². The first-order valence-corrected chi connectivity index (χ1v) is 11.2. The van der Waals surface area contributed by atoms with Gasteiger partial charge in [-0.2, -0.15) is 5.10 Å². The van der Waals surface area contributed by atoms with Gasteiger partial charge in [-0.1, -0.05) is 56.2 Å². The molecule has 34 heavy (non-hydrogen) atoms. The molecule has 0 aliphatic rings. The van der Waals surface area contributed by atoms with E-state index in [9.17, 15) is 19.2 Å². The van der Waals surface area contributed by atoms with Crippen LogP contribution in [0.1, 0.15) is 43.1 Å². The molecule has 9 nitrogen and oxygen atoms in total. The van der Waals surface area contributed by atoms with Crippen LogP contribution in [-0.2, 0) is 20.9 Å². The SMILES string of the molecule is CCCCCn1nc(C(=O)OCC(=O)N(CCC(N)=O)c2ccccc2)c2ccccc2c1=O. The lowest BCUT2D eigenvalue weighted by molar-refractivity contribution is -0.121. The van der Waals surface area contributed by atoms with Crippen molar-refractivity contribution < 1.29 is 19.1 Å². The second kappa shape index (κ2) is 11.7. The number of esters is 1. The molecule has 0 radical (unpaired) electrons. The summed E-state index contributed by atoms with van der Waals surface area (Å²) in [7, 11) is 0. The Balaban J connectivity index is 1.82. The molecule has 0 saturated carbocycles. The van der Waals surface area contributed by atoms with Crippen LogP contribution in [0.3, 0.4) is 0 Å². The van der Waals surface area contributed by atoms with Crippen LogP contribution in [0.15, 0.2) is 59.4 Å². The van der Waals surface area contributed by atoms with Crippen LogP contribution in [-0.4, -0.2) is 40.7 Å². The molecule has 178 valence electrons. The van der Waals surface area contributed by atoms with Crippen molar-refractivity contribution in [3.05, 3.63) is 70.6 Å². The summed E-state index contributed by atoms with van der Waals surface area (Å²) in [4.78, 5) is 51.2. The highest BCUT2D eigenvalue weighted by Gasteiger charge is 2.22. The molecule has 1 aromatic heterocycles. The number of nitrogens with two attached hydrogens (primary N) is 1. The summed E-state index contributed by atoms with van der Waals surface area (Å²) in [6, 6.07) is 15.4. The number of nitrogens with zero attached hydrogens (tertiary/aromatic N) is 3. The fraction of sp³-hybridized carbons (Fsp3) is 0.320. The fourth-order valence-corrected chi connectivity index (χ4v) is 3.55. The molecule has 9 heteroatoms. The number of aromatic nitrogens is 2. The van der Waals surface area contributed by atoms with Gasteiger partial charge in [0.1, 0.15) is 0 Å². The largest absolute Gasteiger partial charge is 0.451 e. The molecule has 0 aliphatic heterocycles. The number of hydrogen-bond acceptors (Lipinski definition) is 6. The van der Waals surface area contributed by atoms with Crippen molar-refractivity contribution in [1.82, 2.24) is 9.78 Å². The number of hydrogen-bond donors (Lipinski definition) is 1. The number of fused-ring (bicyclic) bond motifs is 1. The third kappa shape index (κ3) is 6.06. The van der Waals surface area contributed by atoms with Gasteiger partial charge >= 0.3 is 5.97 Å². The van der Waals surface area contributed by atoms with Gasteiger partial charge in [0.25, 0.3) is 11.5 Å². The molecule has 0 aliphatic carbocycles. The van der Waals surface area contributed by atoms with E-state index in [1.165, 1.54) is 9.58 Å². The van der Waals surface area contributed by atoms with Crippen molar-refractivity contribution in [3.63, 3.8) is 0 Å². The molecule has 2 N–H and O–H groups in total. The second-order valence-electron chi connectivity index (χ2n) is 7.80. The normalized spacial score (nSPS) is 10.7. The first-order valence-electron chi connectivity index (χ1n) is 11.2. The quantitative estimate of drug-likeness (QED) is 0.344. The monoisotopic (exact) mass is 464 g/mol. The molecule has 1 heterocycles. The molecule has 0 saturated heterocycles. The van der Waals surface area contributed by atoms with Crippen LogP contribution in [0, 0.1) is 0 Å². The van der Waals surface area contributed by atoms with E-state index in [1.54, 1.807) is 54.6 Å². The summed E-state index contributed by atoms with van der Waals surface area (Å²) in [5, 5.41) is 4.98. The van der Waals surface area contributed by atoms with Gasteiger partial charge in [-0.3, -0.25) is 14.4 Å². The Morgan fingerprint density at radius 3 is 2.35 bits per heavy atom. The predicted molar refractivity (Wildman–Crippen MR) is 128 cm³/mol. The van der Waals surface area contributed by atoms with E-state index in [4.69, 9.17) is 10.5 Å². The first kappa shape index (κ1) is 24.6. The van der Waals surface area contributed by atoms with Gasteiger partial charge in [0.05, 0.1) is 5.39 Å². The maximum Gasteiger partial charge on any atom is 0.359 e. The third-order valence-corrected chi connectivity index (χ3v) is 5.31. The highest BCUT2D eigenvalue weighted by Crippen LogP contribution is 2.17. The van der Waals surface area contributed by atoms with E-state index in [2.05, 4.69) is 12.0 Å². The molecule has 0 atom stereocenters. The van der Waals surface area contributed by atoms with Crippen molar-refractivity contribution in [2.45, 2.75) is 39.2 Å². The Morgan fingerprint density at radius 1 is 1.00 bits per heavy atom.